The summed E-state index contributed by atoms with van der Waals surface area (Å²) < 4.78 is 28.7. The summed E-state index contributed by atoms with van der Waals surface area (Å²) in [4.78, 5) is 25.8. The molecule has 3 rings (SSSR count). The van der Waals surface area contributed by atoms with Gasteiger partial charge in [-0.3, -0.25) is 14.3 Å². The molecule has 3 aromatic rings. The number of carbonyl (C=O) groups is 1. The minimum Gasteiger partial charge on any atom is -0.278 e. The predicted molar refractivity (Wildman–Crippen MR) is 127 cm³/mol. The number of anilines is 1. The third-order valence-electron chi connectivity index (χ3n) is 4.58. The Morgan fingerprint density at radius 2 is 1.72 bits per heavy atom. The van der Waals surface area contributed by atoms with Crippen molar-refractivity contribution in [3.63, 3.8) is 0 Å². The van der Waals surface area contributed by atoms with Crippen LogP contribution < -0.4 is 15.3 Å². The summed E-state index contributed by atoms with van der Waals surface area (Å²) in [6.07, 6.45) is 0. The summed E-state index contributed by atoms with van der Waals surface area (Å²) in [6, 6.07) is 18.4. The fraction of sp³-hybridized carbons (Fsp3) is 0.182. The molecule has 0 fully saturated rings. The maximum atomic E-state index is 13.2. The first-order chi connectivity index (χ1) is 15.2. The molecule has 0 aliphatic heterocycles. The quantitative estimate of drug-likeness (QED) is 0.485. The summed E-state index contributed by atoms with van der Waals surface area (Å²) in [7, 11) is -3.87. The van der Waals surface area contributed by atoms with Gasteiger partial charge in [0.15, 0.2) is 0 Å². The fourth-order valence-corrected chi connectivity index (χ4v) is 4.69. The molecule has 0 spiro atoms. The van der Waals surface area contributed by atoms with E-state index >= 15 is 0 Å². The number of hydrogen-bond acceptors (Lipinski definition) is 4. The third-order valence-corrected chi connectivity index (χ3v) is 6.29. The van der Waals surface area contributed by atoms with E-state index in [1.807, 2.05) is 0 Å². The van der Waals surface area contributed by atoms with E-state index in [9.17, 15) is 18.0 Å². The molecule has 0 atom stereocenters. The second-order valence-electron chi connectivity index (χ2n) is 7.07. The smallest absolute Gasteiger partial charge is 0.278 e. The van der Waals surface area contributed by atoms with Crippen molar-refractivity contribution in [3.05, 3.63) is 98.9 Å². The molecule has 1 amide bonds. The van der Waals surface area contributed by atoms with Crippen LogP contribution >= 0.6 is 23.2 Å². The van der Waals surface area contributed by atoms with Crippen molar-refractivity contribution in [2.45, 2.75) is 19.2 Å². The lowest BCUT2D eigenvalue weighted by Gasteiger charge is -2.26. The highest BCUT2D eigenvalue weighted by atomic mass is 35.5. The topological polar surface area (TPSA) is 88.5 Å². The molecule has 1 heterocycles. The first kappa shape index (κ1) is 23.8. The molecule has 7 nitrogen and oxygen atoms in total. The molecule has 2 aromatic carbocycles. The van der Waals surface area contributed by atoms with Gasteiger partial charge in [-0.15, -0.1) is 11.6 Å². The number of carbonyl (C=O) groups excluding carboxylic acids is 1. The zero-order valence-corrected chi connectivity index (χ0v) is 19.5. The van der Waals surface area contributed by atoms with Gasteiger partial charge in [-0.05, 0) is 42.3 Å². The number of sulfonamides is 1. The number of pyridine rings is 1. The number of alkyl halides is 1. The number of aryl methyl sites for hydroxylation is 1. The zero-order valence-electron chi connectivity index (χ0n) is 17.2. The normalized spacial score (nSPS) is 11.2. The van der Waals surface area contributed by atoms with Crippen molar-refractivity contribution in [1.29, 1.82) is 0 Å². The molecule has 0 aliphatic rings. The van der Waals surface area contributed by atoms with E-state index in [2.05, 4.69) is 4.72 Å². The first-order valence-electron chi connectivity index (χ1n) is 9.58. The number of aromatic nitrogens is 1. The second-order valence-corrected chi connectivity index (χ2v) is 9.49. The molecule has 0 saturated heterocycles. The Hall–Kier alpha value is -2.81. The lowest BCUT2D eigenvalue weighted by molar-refractivity contribution is -0.118. The van der Waals surface area contributed by atoms with Crippen LogP contribution in [0.3, 0.4) is 0 Å². The van der Waals surface area contributed by atoms with E-state index in [0.717, 1.165) is 4.68 Å². The van der Waals surface area contributed by atoms with E-state index in [-0.39, 0.29) is 23.9 Å². The van der Waals surface area contributed by atoms with Crippen LogP contribution in [-0.4, -0.2) is 24.9 Å². The van der Waals surface area contributed by atoms with Gasteiger partial charge in [0.1, 0.15) is 11.6 Å². The van der Waals surface area contributed by atoms with Gasteiger partial charge in [-0.2, -0.15) is 0 Å². The standard InChI is InChI=1S/C22H21Cl2N3O4S/c1-16-10-11-20(25-32(30,31)15-17-6-3-2-4-7-17)22(29)27(16)26(21(28)13-23)14-18-8-5-9-19(24)12-18/h2-12,25H,13-15H2,1H3. The molecule has 0 bridgehead atoms. The predicted octanol–water partition coefficient (Wildman–Crippen LogP) is 3.66. The Balaban J connectivity index is 1.97. The van der Waals surface area contributed by atoms with Crippen LogP contribution in [0.1, 0.15) is 16.8 Å². The number of amides is 1. The van der Waals surface area contributed by atoms with Crippen LogP contribution in [0.15, 0.2) is 71.5 Å². The Morgan fingerprint density at radius 1 is 1.03 bits per heavy atom. The Morgan fingerprint density at radius 3 is 2.38 bits per heavy atom. The Kier molecular flexibility index (Phi) is 7.60. The molecular formula is C22H21Cl2N3O4S. The largest absolute Gasteiger partial charge is 0.293 e. The maximum Gasteiger partial charge on any atom is 0.293 e. The number of benzene rings is 2. The van der Waals surface area contributed by atoms with Gasteiger partial charge in [0.2, 0.25) is 10.0 Å². The number of halogens is 2. The summed E-state index contributed by atoms with van der Waals surface area (Å²) >= 11 is 11.8. The number of hydrogen-bond donors (Lipinski definition) is 1. The molecule has 0 unspecified atom stereocenters. The molecule has 10 heteroatoms. The Bertz CT molecular complexity index is 1280. The highest BCUT2D eigenvalue weighted by Gasteiger charge is 2.22. The second kappa shape index (κ2) is 10.2. The van der Waals surface area contributed by atoms with Crippen molar-refractivity contribution in [1.82, 2.24) is 4.68 Å². The molecule has 0 saturated carbocycles. The number of nitrogens with zero attached hydrogens (tertiary/aromatic N) is 2. The van der Waals surface area contributed by atoms with Gasteiger partial charge in [-0.25, -0.2) is 18.1 Å². The molecule has 0 radical (unpaired) electrons. The van der Waals surface area contributed by atoms with Crippen LogP contribution in [0, 0.1) is 6.92 Å². The van der Waals surface area contributed by atoms with Crippen molar-refractivity contribution in [2.24, 2.45) is 0 Å². The van der Waals surface area contributed by atoms with E-state index < -0.39 is 21.5 Å². The summed E-state index contributed by atoms with van der Waals surface area (Å²) in [5, 5.41) is 1.65. The molecule has 1 aromatic heterocycles. The van der Waals surface area contributed by atoms with Crippen molar-refractivity contribution in [3.8, 4) is 0 Å². The van der Waals surface area contributed by atoms with Crippen LogP contribution in [0.25, 0.3) is 0 Å². The lowest BCUT2D eigenvalue weighted by atomic mass is 10.2. The van der Waals surface area contributed by atoms with Crippen molar-refractivity contribution in [2.75, 3.05) is 15.6 Å². The highest BCUT2D eigenvalue weighted by molar-refractivity contribution is 7.91. The molecule has 32 heavy (non-hydrogen) atoms. The van der Waals surface area contributed by atoms with Gasteiger partial charge < -0.3 is 0 Å². The van der Waals surface area contributed by atoms with Crippen LogP contribution in [0.4, 0.5) is 5.69 Å². The lowest BCUT2D eigenvalue weighted by Crippen LogP contribution is -2.48. The van der Waals surface area contributed by atoms with E-state index in [1.54, 1.807) is 67.6 Å². The van der Waals surface area contributed by atoms with Crippen LogP contribution in [0.2, 0.25) is 5.02 Å². The zero-order chi connectivity index (χ0) is 23.3. The van der Waals surface area contributed by atoms with E-state index in [0.29, 0.717) is 21.8 Å². The summed E-state index contributed by atoms with van der Waals surface area (Å²) in [5.74, 6) is -1.19. The van der Waals surface area contributed by atoms with Gasteiger partial charge in [0.25, 0.3) is 11.5 Å². The van der Waals surface area contributed by atoms with Gasteiger partial charge >= 0.3 is 0 Å². The average Bonchev–Trinajstić information content (AvgIpc) is 2.75. The van der Waals surface area contributed by atoms with Crippen LogP contribution in [-0.2, 0) is 27.1 Å². The third kappa shape index (κ3) is 5.91. The van der Waals surface area contributed by atoms with Crippen molar-refractivity contribution >= 4 is 44.8 Å². The fourth-order valence-electron chi connectivity index (χ4n) is 3.14. The van der Waals surface area contributed by atoms with E-state index in [1.165, 1.54) is 11.1 Å². The minimum absolute atomic E-state index is 0.0209. The number of nitrogens with one attached hydrogen (secondary N) is 1. The van der Waals surface area contributed by atoms with Gasteiger partial charge in [0, 0.05) is 10.7 Å². The maximum absolute atomic E-state index is 13.2. The van der Waals surface area contributed by atoms with E-state index in [4.69, 9.17) is 23.2 Å². The van der Waals surface area contributed by atoms with Crippen molar-refractivity contribution < 1.29 is 13.2 Å². The molecule has 1 N–H and O–H groups in total. The highest BCUT2D eigenvalue weighted by Crippen LogP contribution is 2.15. The van der Waals surface area contributed by atoms with Crippen LogP contribution in [0.5, 0.6) is 0 Å². The average molecular weight is 494 g/mol. The monoisotopic (exact) mass is 493 g/mol. The summed E-state index contributed by atoms with van der Waals surface area (Å²) in [6.45, 7) is 1.66. The van der Waals surface area contributed by atoms with Gasteiger partial charge in [-0.1, -0.05) is 54.1 Å². The first-order valence-corrected chi connectivity index (χ1v) is 12.1. The summed E-state index contributed by atoms with van der Waals surface area (Å²) in [5.41, 5.74) is 0.818. The van der Waals surface area contributed by atoms with Gasteiger partial charge in [0.05, 0.1) is 12.3 Å². The molecule has 0 aliphatic carbocycles. The molecule has 168 valence electrons. The number of rotatable bonds is 8. The minimum atomic E-state index is -3.87. The SMILES string of the molecule is Cc1ccc(NS(=O)(=O)Cc2ccccc2)c(=O)n1N(Cc1cccc(Cl)c1)C(=O)CCl. The Labute approximate surface area is 196 Å². The molecular weight excluding hydrogens is 473 g/mol.